The van der Waals surface area contributed by atoms with Gasteiger partial charge >= 0.3 is 6.03 Å². The molecule has 5 N–H and O–H groups in total. The van der Waals surface area contributed by atoms with Crippen LogP contribution in [-0.2, 0) is 20.8 Å². The van der Waals surface area contributed by atoms with Gasteiger partial charge in [0.1, 0.15) is 18.1 Å². The highest BCUT2D eigenvalue weighted by molar-refractivity contribution is 7.85. The third-order valence-electron chi connectivity index (χ3n) is 9.41. The van der Waals surface area contributed by atoms with Gasteiger partial charge in [0, 0.05) is 29.8 Å². The fourth-order valence-electron chi connectivity index (χ4n) is 6.52. The predicted molar refractivity (Wildman–Crippen MR) is 198 cm³/mol. The quantitative estimate of drug-likeness (QED) is 0.122. The number of nitrogens with two attached hydrogens (primary N) is 2. The van der Waals surface area contributed by atoms with Crippen LogP contribution in [0, 0.1) is 5.41 Å². The van der Waals surface area contributed by atoms with Gasteiger partial charge in [-0.05, 0) is 62.3 Å². The molecule has 0 bridgehead atoms. The van der Waals surface area contributed by atoms with E-state index in [1.165, 1.54) is 6.42 Å². The van der Waals surface area contributed by atoms with Gasteiger partial charge < -0.3 is 20.7 Å². The van der Waals surface area contributed by atoms with Crippen LogP contribution in [0.25, 0.3) is 5.65 Å². The summed E-state index contributed by atoms with van der Waals surface area (Å²) in [6.07, 6.45) is 12.6. The average Bonchev–Trinajstić information content (AvgIpc) is 3.71. The summed E-state index contributed by atoms with van der Waals surface area (Å²) in [5.74, 6) is 1.91. The summed E-state index contributed by atoms with van der Waals surface area (Å²) in [5, 5.41) is 18.0. The summed E-state index contributed by atoms with van der Waals surface area (Å²) in [5.41, 5.74) is 10.0. The zero-order chi connectivity index (χ0) is 37.0. The largest absolute Gasteiger partial charge is 0.484 e. The second-order valence-electron chi connectivity index (χ2n) is 14.5. The van der Waals surface area contributed by atoms with Gasteiger partial charge in [0.2, 0.25) is 11.8 Å². The topological polar surface area (TPSA) is 188 Å². The van der Waals surface area contributed by atoms with E-state index in [-0.39, 0.29) is 30.7 Å². The number of pyridine rings is 1. The van der Waals surface area contributed by atoms with E-state index in [1.54, 1.807) is 28.5 Å². The number of hydrogen-bond donors (Lipinski definition) is 3. The number of allylic oxidation sites excluding steroid dienone is 1. The summed E-state index contributed by atoms with van der Waals surface area (Å²) in [6.45, 7) is 9.30. The number of urea groups is 1. The van der Waals surface area contributed by atoms with Gasteiger partial charge in [0.05, 0.1) is 37.8 Å². The van der Waals surface area contributed by atoms with Gasteiger partial charge in [-0.2, -0.15) is 13.5 Å². The first-order valence-electron chi connectivity index (χ1n) is 17.7. The Bertz CT molecular complexity index is 2070. The highest BCUT2D eigenvalue weighted by Crippen LogP contribution is 2.39. The molecule has 1 aliphatic heterocycles. The van der Waals surface area contributed by atoms with Crippen molar-refractivity contribution >= 4 is 39.3 Å². The minimum absolute atomic E-state index is 0.0503. The van der Waals surface area contributed by atoms with Crippen LogP contribution in [0.15, 0.2) is 71.8 Å². The number of piperidine rings is 1. The van der Waals surface area contributed by atoms with Crippen molar-refractivity contribution in [3.63, 3.8) is 0 Å². The maximum Gasteiger partial charge on any atom is 0.346 e. The lowest BCUT2D eigenvalue weighted by Crippen LogP contribution is -2.82. The van der Waals surface area contributed by atoms with E-state index in [0.717, 1.165) is 54.1 Å². The van der Waals surface area contributed by atoms with Gasteiger partial charge in [-0.15, -0.1) is 15.2 Å². The summed E-state index contributed by atoms with van der Waals surface area (Å²) < 4.78 is 37.6. The number of amides is 2. The fourth-order valence-corrected chi connectivity index (χ4v) is 6.89. The Kier molecular flexibility index (Phi) is 11.0. The summed E-state index contributed by atoms with van der Waals surface area (Å²) >= 11 is 0. The summed E-state index contributed by atoms with van der Waals surface area (Å²) in [4.78, 5) is 20.3. The number of aromatic nitrogens is 5. The van der Waals surface area contributed by atoms with E-state index in [1.807, 2.05) is 67.8 Å². The highest BCUT2D eigenvalue weighted by atomic mass is 32.2. The number of aliphatic imine (C=N–C) groups is 1. The molecule has 52 heavy (non-hydrogen) atoms. The van der Waals surface area contributed by atoms with E-state index in [9.17, 15) is 13.2 Å². The van der Waals surface area contributed by atoms with Crippen molar-refractivity contribution in [3.05, 3.63) is 77.9 Å². The van der Waals surface area contributed by atoms with Gasteiger partial charge in [-0.1, -0.05) is 45.0 Å². The van der Waals surface area contributed by atoms with Crippen LogP contribution in [0.1, 0.15) is 83.1 Å². The van der Waals surface area contributed by atoms with Gasteiger partial charge in [0.25, 0.3) is 10.1 Å². The molecule has 0 spiro atoms. The highest BCUT2D eigenvalue weighted by Gasteiger charge is 2.30. The van der Waals surface area contributed by atoms with Crippen molar-refractivity contribution in [2.75, 3.05) is 24.3 Å². The summed E-state index contributed by atoms with van der Waals surface area (Å²) in [6, 6.07) is 11.5. The number of carbonyl (C=O) groups is 1. The molecular formula is C36H49N10O5S+. The van der Waals surface area contributed by atoms with Crippen LogP contribution in [-0.4, -0.2) is 70.1 Å². The lowest BCUT2D eigenvalue weighted by Gasteiger charge is -2.33. The van der Waals surface area contributed by atoms with Gasteiger partial charge in [-0.25, -0.2) is 4.79 Å². The van der Waals surface area contributed by atoms with Crippen LogP contribution in [0.4, 0.5) is 16.4 Å². The number of anilines is 1. The number of nitrogens with one attached hydrogen (secondary N) is 1. The van der Waals surface area contributed by atoms with Crippen molar-refractivity contribution in [1.29, 1.82) is 0 Å². The molecule has 4 heterocycles. The number of fused-ring (bicyclic) bond motifs is 2. The first-order chi connectivity index (χ1) is 24.7. The number of benzene rings is 1. The van der Waals surface area contributed by atoms with Crippen LogP contribution >= 0.6 is 0 Å². The van der Waals surface area contributed by atoms with Crippen LogP contribution in [0.3, 0.4) is 0 Å². The molecule has 15 nitrogen and oxygen atoms in total. The first kappa shape index (κ1) is 37.0. The Morgan fingerprint density at radius 2 is 1.88 bits per heavy atom. The zero-order valence-electron chi connectivity index (χ0n) is 30.4. The maximum atomic E-state index is 13.5. The number of ether oxygens (including phenoxy) is 1. The average molecular weight is 734 g/mol. The molecule has 1 aliphatic carbocycles. The third kappa shape index (κ3) is 9.16. The monoisotopic (exact) mass is 733 g/mol. The molecule has 2 amide bonds. The van der Waals surface area contributed by atoms with E-state index in [2.05, 4.69) is 37.4 Å². The minimum atomic E-state index is -3.56. The van der Waals surface area contributed by atoms with Crippen LogP contribution < -0.4 is 26.0 Å². The number of carbonyl (C=O) groups excluding carboxylic acids is 1. The van der Waals surface area contributed by atoms with Crippen molar-refractivity contribution < 1.29 is 27.4 Å². The van der Waals surface area contributed by atoms with Gasteiger partial charge in [0.15, 0.2) is 11.3 Å². The SMILES string of the molecule is C[C@H]1CCCCN1c1nnc2ccc(O[C@@H]3CC[C@H](NC(=O)/N=C(\C=C(/N)C(C)(C)C)[NH2+]c4cnn(CCOS(C)(=O)=O)c4)c4ccccc43)cn12. The Balaban J connectivity index is 1.17. The van der Waals surface area contributed by atoms with Crippen molar-refractivity contribution in [3.8, 4) is 5.75 Å². The van der Waals surface area contributed by atoms with E-state index < -0.39 is 16.1 Å². The molecule has 278 valence electrons. The van der Waals surface area contributed by atoms with Crippen molar-refractivity contribution in [1.82, 2.24) is 29.7 Å². The molecule has 2 aliphatic rings. The molecule has 3 atom stereocenters. The Morgan fingerprint density at radius 1 is 1.10 bits per heavy atom. The first-order valence-corrected chi connectivity index (χ1v) is 19.5. The molecule has 6 rings (SSSR count). The predicted octanol–water partition coefficient (Wildman–Crippen LogP) is 4.13. The molecule has 0 saturated carbocycles. The Morgan fingerprint density at radius 3 is 2.63 bits per heavy atom. The van der Waals surface area contributed by atoms with Crippen LogP contribution in [0.5, 0.6) is 5.75 Å². The third-order valence-corrected chi connectivity index (χ3v) is 10.0. The smallest absolute Gasteiger partial charge is 0.346 e. The van der Waals surface area contributed by atoms with Gasteiger partial charge in [-0.3, -0.25) is 18.6 Å². The Labute approximate surface area is 304 Å². The van der Waals surface area contributed by atoms with Crippen molar-refractivity contribution in [2.45, 2.75) is 84.5 Å². The standard InChI is InChI=1S/C36H48N10O5S/c1-24-10-8-9-17-45(24)35-43-42-33-16-13-26(23-46(33)35)51-30-15-14-29(27-11-6-7-12-28(27)30)40-34(47)41-32(20-31(37)36(2,3)4)39-25-21-38-44(22-25)18-19-50-52(5,48)49/h6-7,11-13,16,20-24,29-30H,8-10,14-15,17-19,37H2,1-5H3,(H2,39,40,41,47)/p+1/b31-20-/t24-,29-,30+/m0/s1. The zero-order valence-corrected chi connectivity index (χ0v) is 31.2. The second-order valence-corrected chi connectivity index (χ2v) is 16.2. The number of hydrogen-bond acceptors (Lipinski definition) is 10. The molecule has 1 fully saturated rings. The van der Waals surface area contributed by atoms with E-state index in [0.29, 0.717) is 36.1 Å². The fraction of sp³-hybridized carbons (Fsp3) is 0.472. The second kappa shape index (κ2) is 15.4. The molecule has 3 aromatic heterocycles. The molecule has 1 aromatic carbocycles. The minimum Gasteiger partial charge on any atom is -0.484 e. The molecule has 0 unspecified atom stereocenters. The van der Waals surface area contributed by atoms with Crippen LogP contribution in [0.2, 0.25) is 0 Å². The number of quaternary nitrogens is 1. The maximum absolute atomic E-state index is 13.5. The molecule has 16 heteroatoms. The number of nitrogens with zero attached hydrogens (tertiary/aromatic N) is 7. The molecule has 1 saturated heterocycles. The normalized spacial score (nSPS) is 20.2. The molecule has 4 aromatic rings. The molecule has 0 radical (unpaired) electrons. The summed E-state index contributed by atoms with van der Waals surface area (Å²) in [7, 11) is -3.56. The van der Waals surface area contributed by atoms with E-state index >= 15 is 0 Å². The number of rotatable bonds is 10. The lowest BCUT2D eigenvalue weighted by molar-refractivity contribution is -0.442. The Hall–Kier alpha value is -4.80. The lowest BCUT2D eigenvalue weighted by atomic mass is 9.85. The van der Waals surface area contributed by atoms with E-state index in [4.69, 9.17) is 14.7 Å². The molecular weight excluding hydrogens is 685 g/mol. The number of amidine groups is 1. The van der Waals surface area contributed by atoms with Crippen molar-refractivity contribution in [2.24, 2.45) is 16.1 Å².